The van der Waals surface area contributed by atoms with Crippen LogP contribution in [-0.4, -0.2) is 31.9 Å². The van der Waals surface area contributed by atoms with Crippen molar-refractivity contribution in [2.45, 2.75) is 24.9 Å². The highest BCUT2D eigenvalue weighted by Gasteiger charge is 2.12. The van der Waals surface area contributed by atoms with Gasteiger partial charge in [0.15, 0.2) is 0 Å². The highest BCUT2D eigenvalue weighted by atomic mass is 35.5. The van der Waals surface area contributed by atoms with Crippen LogP contribution < -0.4 is 5.32 Å². The van der Waals surface area contributed by atoms with Crippen LogP contribution in [0.4, 0.5) is 5.69 Å². The minimum Gasteiger partial charge on any atom is -0.325 e. The van der Waals surface area contributed by atoms with Gasteiger partial charge in [0.25, 0.3) is 0 Å². The SMILES string of the molecule is CC(C)c1ccc(-n2nnnc2SCC(=O)Nc2cccc(Cl)c2)cc1. The molecule has 1 amide bonds. The molecule has 0 saturated carbocycles. The van der Waals surface area contributed by atoms with Crippen molar-refractivity contribution >= 4 is 35.0 Å². The molecule has 0 saturated heterocycles. The van der Waals surface area contributed by atoms with Crippen LogP contribution in [0.25, 0.3) is 5.69 Å². The number of benzene rings is 2. The molecule has 1 heterocycles. The molecule has 1 aromatic heterocycles. The normalized spacial score (nSPS) is 10.9. The predicted molar refractivity (Wildman–Crippen MR) is 104 cm³/mol. The van der Waals surface area contributed by atoms with E-state index in [1.54, 1.807) is 28.9 Å². The molecule has 3 rings (SSSR count). The van der Waals surface area contributed by atoms with Gasteiger partial charge < -0.3 is 5.32 Å². The van der Waals surface area contributed by atoms with Gasteiger partial charge in [0.2, 0.25) is 11.1 Å². The minimum absolute atomic E-state index is 0.151. The third kappa shape index (κ3) is 4.62. The maximum absolute atomic E-state index is 12.1. The summed E-state index contributed by atoms with van der Waals surface area (Å²) < 4.78 is 1.63. The van der Waals surface area contributed by atoms with Crippen molar-refractivity contribution in [2.24, 2.45) is 0 Å². The second-order valence-electron chi connectivity index (χ2n) is 5.97. The fourth-order valence-corrected chi connectivity index (χ4v) is 3.21. The molecule has 3 aromatic rings. The average molecular weight is 388 g/mol. The third-order valence-corrected chi connectivity index (χ3v) is 4.84. The van der Waals surface area contributed by atoms with Crippen LogP contribution in [0.15, 0.2) is 53.7 Å². The molecule has 0 aliphatic heterocycles. The molecule has 26 heavy (non-hydrogen) atoms. The first-order valence-electron chi connectivity index (χ1n) is 8.10. The number of hydrogen-bond acceptors (Lipinski definition) is 5. The lowest BCUT2D eigenvalue weighted by molar-refractivity contribution is -0.113. The molecule has 0 atom stereocenters. The van der Waals surface area contributed by atoms with Crippen LogP contribution in [-0.2, 0) is 4.79 Å². The molecule has 0 bridgehead atoms. The largest absolute Gasteiger partial charge is 0.325 e. The summed E-state index contributed by atoms with van der Waals surface area (Å²) in [5.41, 5.74) is 2.76. The first-order valence-corrected chi connectivity index (χ1v) is 9.46. The van der Waals surface area contributed by atoms with Gasteiger partial charge in [0, 0.05) is 10.7 Å². The molecule has 0 radical (unpaired) electrons. The number of nitrogens with zero attached hydrogens (tertiary/aromatic N) is 4. The summed E-state index contributed by atoms with van der Waals surface area (Å²) in [5.74, 6) is 0.501. The first kappa shape index (κ1) is 18.4. The van der Waals surface area contributed by atoms with E-state index in [-0.39, 0.29) is 11.7 Å². The number of rotatable bonds is 6. The zero-order chi connectivity index (χ0) is 18.5. The fraction of sp³-hybridized carbons (Fsp3) is 0.222. The van der Waals surface area contributed by atoms with Gasteiger partial charge in [-0.25, -0.2) is 0 Å². The first-order chi connectivity index (χ1) is 12.5. The van der Waals surface area contributed by atoms with Gasteiger partial charge in [0.05, 0.1) is 11.4 Å². The Morgan fingerprint density at radius 2 is 2.00 bits per heavy atom. The lowest BCUT2D eigenvalue weighted by Crippen LogP contribution is -2.14. The Kier molecular flexibility index (Phi) is 5.90. The molecular formula is C18H18ClN5OS. The van der Waals surface area contributed by atoms with Gasteiger partial charge in [-0.15, -0.1) is 5.10 Å². The van der Waals surface area contributed by atoms with Crippen molar-refractivity contribution in [2.75, 3.05) is 11.1 Å². The Balaban J connectivity index is 1.64. The van der Waals surface area contributed by atoms with Gasteiger partial charge >= 0.3 is 0 Å². The smallest absolute Gasteiger partial charge is 0.234 e. The molecule has 2 aromatic carbocycles. The van der Waals surface area contributed by atoms with E-state index in [1.165, 1.54) is 17.3 Å². The van der Waals surface area contributed by atoms with E-state index < -0.39 is 0 Å². The number of thioether (sulfide) groups is 1. The van der Waals surface area contributed by atoms with E-state index in [0.717, 1.165) is 5.69 Å². The van der Waals surface area contributed by atoms with Gasteiger partial charge in [-0.3, -0.25) is 4.79 Å². The summed E-state index contributed by atoms with van der Waals surface area (Å²) in [6, 6.07) is 15.1. The summed E-state index contributed by atoms with van der Waals surface area (Å²) in [7, 11) is 0. The molecule has 0 aliphatic rings. The number of aromatic nitrogens is 4. The lowest BCUT2D eigenvalue weighted by Gasteiger charge is -2.08. The highest BCUT2D eigenvalue weighted by molar-refractivity contribution is 7.99. The van der Waals surface area contributed by atoms with Crippen LogP contribution >= 0.6 is 23.4 Å². The molecule has 0 spiro atoms. The van der Waals surface area contributed by atoms with Gasteiger partial charge in [-0.2, -0.15) is 4.68 Å². The quantitative estimate of drug-likeness (QED) is 0.642. The maximum atomic E-state index is 12.1. The Labute approximate surface area is 160 Å². The van der Waals surface area contributed by atoms with Crippen molar-refractivity contribution in [3.05, 3.63) is 59.1 Å². The maximum Gasteiger partial charge on any atom is 0.234 e. The van der Waals surface area contributed by atoms with Crippen LogP contribution in [0.5, 0.6) is 0 Å². The summed E-state index contributed by atoms with van der Waals surface area (Å²) in [6.07, 6.45) is 0. The minimum atomic E-state index is -0.151. The highest BCUT2D eigenvalue weighted by Crippen LogP contribution is 2.21. The Morgan fingerprint density at radius 3 is 2.69 bits per heavy atom. The molecule has 134 valence electrons. The molecule has 8 heteroatoms. The van der Waals surface area contributed by atoms with Gasteiger partial charge in [0.1, 0.15) is 0 Å². The number of halogens is 1. The lowest BCUT2D eigenvalue weighted by atomic mass is 10.0. The van der Waals surface area contributed by atoms with E-state index in [2.05, 4.69) is 46.8 Å². The number of tetrazole rings is 1. The topological polar surface area (TPSA) is 72.7 Å². The average Bonchev–Trinajstić information content (AvgIpc) is 3.08. The van der Waals surface area contributed by atoms with E-state index in [9.17, 15) is 4.79 Å². The zero-order valence-corrected chi connectivity index (χ0v) is 16.0. The zero-order valence-electron chi connectivity index (χ0n) is 14.4. The predicted octanol–water partition coefficient (Wildman–Crippen LogP) is 4.17. The van der Waals surface area contributed by atoms with Crippen molar-refractivity contribution in [1.82, 2.24) is 20.2 Å². The summed E-state index contributed by atoms with van der Waals surface area (Å²) in [5, 5.41) is 15.7. The van der Waals surface area contributed by atoms with Crippen molar-refractivity contribution in [3.8, 4) is 5.69 Å². The van der Waals surface area contributed by atoms with Crippen LogP contribution in [0.2, 0.25) is 5.02 Å². The molecule has 1 N–H and O–H groups in total. The van der Waals surface area contributed by atoms with Crippen molar-refractivity contribution in [1.29, 1.82) is 0 Å². The number of anilines is 1. The summed E-state index contributed by atoms with van der Waals surface area (Å²) in [6.45, 7) is 4.29. The number of carbonyl (C=O) groups excluding carboxylic acids is 1. The monoisotopic (exact) mass is 387 g/mol. The van der Waals surface area contributed by atoms with Crippen molar-refractivity contribution < 1.29 is 4.79 Å². The number of hydrogen-bond donors (Lipinski definition) is 1. The Bertz CT molecular complexity index is 895. The van der Waals surface area contributed by atoms with Gasteiger partial charge in [-0.05, 0) is 52.2 Å². The van der Waals surface area contributed by atoms with E-state index in [4.69, 9.17) is 11.6 Å². The van der Waals surface area contributed by atoms with Crippen LogP contribution in [0.1, 0.15) is 25.3 Å². The summed E-state index contributed by atoms with van der Waals surface area (Å²) >= 11 is 7.19. The van der Waals surface area contributed by atoms with E-state index in [1.807, 2.05) is 12.1 Å². The van der Waals surface area contributed by atoms with E-state index in [0.29, 0.717) is 21.8 Å². The third-order valence-electron chi connectivity index (χ3n) is 3.69. The fourth-order valence-electron chi connectivity index (χ4n) is 2.32. The second kappa shape index (κ2) is 8.33. The molecule has 6 nitrogen and oxygen atoms in total. The molecule has 0 fully saturated rings. The summed E-state index contributed by atoms with van der Waals surface area (Å²) in [4.78, 5) is 12.1. The Morgan fingerprint density at radius 1 is 1.23 bits per heavy atom. The number of carbonyl (C=O) groups is 1. The van der Waals surface area contributed by atoms with Crippen molar-refractivity contribution in [3.63, 3.8) is 0 Å². The molecule has 0 aliphatic carbocycles. The van der Waals surface area contributed by atoms with E-state index >= 15 is 0 Å². The molecule has 0 unspecified atom stereocenters. The van der Waals surface area contributed by atoms with Crippen LogP contribution in [0.3, 0.4) is 0 Å². The molecular weight excluding hydrogens is 370 g/mol. The second-order valence-corrected chi connectivity index (χ2v) is 7.35. The number of nitrogens with one attached hydrogen (secondary N) is 1. The Hall–Kier alpha value is -2.38. The number of amides is 1. The standard InChI is InChI=1S/C18H18ClN5OS/c1-12(2)13-6-8-16(9-7-13)24-18(21-22-23-24)26-11-17(25)20-15-5-3-4-14(19)10-15/h3-10,12H,11H2,1-2H3,(H,20,25). The van der Waals surface area contributed by atoms with Crippen LogP contribution in [0, 0.1) is 0 Å². The van der Waals surface area contributed by atoms with Gasteiger partial charge in [-0.1, -0.05) is 55.4 Å².